The second-order valence-corrected chi connectivity index (χ2v) is 6.47. The van der Waals surface area contributed by atoms with Crippen LogP contribution < -0.4 is 0 Å². The fourth-order valence-corrected chi connectivity index (χ4v) is 2.77. The third-order valence-corrected chi connectivity index (χ3v) is 3.76. The highest BCUT2D eigenvalue weighted by atomic mass is 32.2. The number of hydroxylamine groups is 2. The van der Waals surface area contributed by atoms with Gasteiger partial charge in [0.2, 0.25) is 0 Å². The van der Waals surface area contributed by atoms with Gasteiger partial charge in [0.25, 0.3) is 10.0 Å². The zero-order valence-corrected chi connectivity index (χ0v) is 11.8. The molecule has 0 heterocycles. The van der Waals surface area contributed by atoms with E-state index < -0.39 is 10.0 Å². The Kier molecular flexibility index (Phi) is 4.94. The van der Waals surface area contributed by atoms with Crippen molar-refractivity contribution in [1.29, 1.82) is 0 Å². The summed E-state index contributed by atoms with van der Waals surface area (Å²) in [5.41, 5.74) is 0. The van der Waals surface area contributed by atoms with E-state index in [1.807, 2.05) is 0 Å². The second-order valence-electron chi connectivity index (χ2n) is 4.82. The van der Waals surface area contributed by atoms with E-state index in [1.54, 1.807) is 7.05 Å². The lowest BCUT2D eigenvalue weighted by atomic mass is 9.82. The van der Waals surface area contributed by atoms with Crippen LogP contribution in [0.25, 0.3) is 0 Å². The molecule has 0 atom stereocenters. The summed E-state index contributed by atoms with van der Waals surface area (Å²) in [6.07, 6.45) is 5.30. The van der Waals surface area contributed by atoms with Crippen molar-refractivity contribution in [1.82, 2.24) is 5.06 Å². The van der Waals surface area contributed by atoms with E-state index in [9.17, 15) is 8.42 Å². The lowest BCUT2D eigenvalue weighted by molar-refractivity contribution is -0.0473. The molecule has 0 bridgehead atoms. The van der Waals surface area contributed by atoms with Crippen molar-refractivity contribution in [2.75, 3.05) is 20.4 Å². The molecule has 1 fully saturated rings. The average Bonchev–Trinajstić information content (AvgIpc) is 2.25. The maximum atomic E-state index is 11.3. The first-order valence-corrected chi connectivity index (χ1v) is 7.76. The Morgan fingerprint density at radius 3 is 2.24 bits per heavy atom. The summed E-state index contributed by atoms with van der Waals surface area (Å²) in [5, 5.41) is 1.46. The van der Waals surface area contributed by atoms with Gasteiger partial charge in [0, 0.05) is 13.0 Å². The molecule has 0 aromatic carbocycles. The van der Waals surface area contributed by atoms with Crippen LogP contribution in [0.15, 0.2) is 4.40 Å². The first kappa shape index (κ1) is 14.4. The molecule has 0 unspecified atom stereocenters. The molecule has 0 N–H and O–H groups in total. The summed E-state index contributed by atoms with van der Waals surface area (Å²) < 4.78 is 26.4. The Balaban J connectivity index is 2.88. The van der Waals surface area contributed by atoms with E-state index in [2.05, 4.69) is 11.3 Å². The molecule has 0 aromatic heterocycles. The van der Waals surface area contributed by atoms with E-state index in [0.29, 0.717) is 5.84 Å². The van der Waals surface area contributed by atoms with Crippen molar-refractivity contribution in [3.63, 3.8) is 0 Å². The normalized spacial score (nSPS) is 26.9. The Bertz CT molecular complexity index is 370. The second kappa shape index (κ2) is 5.82. The van der Waals surface area contributed by atoms with Gasteiger partial charge in [0.15, 0.2) is 0 Å². The number of rotatable bonds is 3. The van der Waals surface area contributed by atoms with Crippen molar-refractivity contribution in [3.8, 4) is 0 Å². The van der Waals surface area contributed by atoms with Crippen molar-refractivity contribution in [2.24, 2.45) is 16.2 Å². The van der Waals surface area contributed by atoms with Gasteiger partial charge < -0.3 is 0 Å². The van der Waals surface area contributed by atoms with Crippen molar-refractivity contribution in [2.45, 2.75) is 32.6 Å². The van der Waals surface area contributed by atoms with Gasteiger partial charge in [-0.2, -0.15) is 0 Å². The summed E-state index contributed by atoms with van der Waals surface area (Å²) in [7, 11) is -0.161. The van der Waals surface area contributed by atoms with Gasteiger partial charge in [-0.15, -0.1) is 4.40 Å². The largest absolute Gasteiger partial charge is 0.276 e. The van der Waals surface area contributed by atoms with Crippen LogP contribution in [0.2, 0.25) is 0 Å². The maximum absolute atomic E-state index is 11.3. The smallest absolute Gasteiger partial charge is 0.251 e. The average molecular weight is 262 g/mol. The predicted molar refractivity (Wildman–Crippen MR) is 68.2 cm³/mol. The van der Waals surface area contributed by atoms with Crippen molar-refractivity contribution >= 4 is 15.9 Å². The highest BCUT2D eigenvalue weighted by molar-refractivity contribution is 7.89. The molecule has 100 valence electrons. The minimum absolute atomic E-state index is 0.186. The van der Waals surface area contributed by atoms with E-state index in [-0.39, 0.29) is 5.92 Å². The van der Waals surface area contributed by atoms with Gasteiger partial charge in [0.1, 0.15) is 5.84 Å². The highest BCUT2D eigenvalue weighted by Gasteiger charge is 2.26. The third kappa shape index (κ3) is 4.63. The summed E-state index contributed by atoms with van der Waals surface area (Å²) in [6.45, 7) is 2.23. The lowest BCUT2D eigenvalue weighted by Gasteiger charge is -2.30. The van der Waals surface area contributed by atoms with Crippen LogP contribution in [0.4, 0.5) is 0 Å². The molecular weight excluding hydrogens is 240 g/mol. The van der Waals surface area contributed by atoms with Crippen molar-refractivity contribution in [3.05, 3.63) is 0 Å². The minimum Gasteiger partial charge on any atom is -0.276 e. The number of sulfonamides is 1. The predicted octanol–water partition coefficient (Wildman–Crippen LogP) is 1.66. The molecule has 0 amide bonds. The van der Waals surface area contributed by atoms with Gasteiger partial charge in [-0.3, -0.25) is 4.84 Å². The molecule has 6 heteroatoms. The molecule has 1 saturated carbocycles. The number of nitrogens with zero attached hydrogens (tertiary/aromatic N) is 2. The minimum atomic E-state index is -3.38. The molecule has 5 nitrogen and oxygen atoms in total. The number of hydrogen-bond acceptors (Lipinski definition) is 3. The van der Waals surface area contributed by atoms with Gasteiger partial charge in [-0.25, -0.2) is 13.5 Å². The van der Waals surface area contributed by atoms with Crippen LogP contribution in [0, 0.1) is 11.8 Å². The van der Waals surface area contributed by atoms with Gasteiger partial charge in [-0.1, -0.05) is 19.8 Å². The van der Waals surface area contributed by atoms with Crippen LogP contribution >= 0.6 is 0 Å². The van der Waals surface area contributed by atoms with Crippen LogP contribution in [0.1, 0.15) is 32.6 Å². The fraction of sp³-hybridized carbons (Fsp3) is 0.909. The quantitative estimate of drug-likeness (QED) is 0.441. The summed E-state index contributed by atoms with van der Waals surface area (Å²) in [5.74, 6) is 1.44. The monoisotopic (exact) mass is 262 g/mol. The van der Waals surface area contributed by atoms with Gasteiger partial charge >= 0.3 is 0 Å². The van der Waals surface area contributed by atoms with E-state index in [1.165, 1.54) is 12.2 Å². The molecule has 1 aliphatic carbocycles. The zero-order chi connectivity index (χ0) is 13.1. The molecule has 0 radical (unpaired) electrons. The summed E-state index contributed by atoms with van der Waals surface area (Å²) in [6, 6.07) is 0. The third-order valence-electron chi connectivity index (χ3n) is 3.24. The highest BCUT2D eigenvalue weighted by Crippen LogP contribution is 2.30. The van der Waals surface area contributed by atoms with Gasteiger partial charge in [0.05, 0.1) is 13.4 Å². The molecule has 1 aliphatic rings. The summed E-state index contributed by atoms with van der Waals surface area (Å²) >= 11 is 0. The molecule has 0 aromatic rings. The molecular formula is C11H22N2O3S. The topological polar surface area (TPSA) is 59.0 Å². The molecule has 0 spiro atoms. The van der Waals surface area contributed by atoms with Crippen LogP contribution in [0.3, 0.4) is 0 Å². The molecule has 1 rings (SSSR count). The Morgan fingerprint density at radius 1 is 1.29 bits per heavy atom. The fourth-order valence-electron chi connectivity index (χ4n) is 2.17. The first-order chi connectivity index (χ1) is 7.83. The molecule has 0 saturated heterocycles. The van der Waals surface area contributed by atoms with E-state index in [0.717, 1.165) is 37.9 Å². The van der Waals surface area contributed by atoms with Crippen molar-refractivity contribution < 1.29 is 13.3 Å². The van der Waals surface area contributed by atoms with Crippen LogP contribution in [-0.4, -0.2) is 39.7 Å². The number of amidine groups is 1. The standard InChI is InChI=1S/C11H22N2O3S/c1-9-5-7-10(8-6-9)11(13(2)16-3)12-17(4,14)15/h9-10H,5-8H2,1-4H3/b12-11-. The summed E-state index contributed by atoms with van der Waals surface area (Å²) in [4.78, 5) is 5.08. The molecule has 17 heavy (non-hydrogen) atoms. The van der Waals surface area contributed by atoms with E-state index in [4.69, 9.17) is 4.84 Å². The van der Waals surface area contributed by atoms with Gasteiger partial charge in [-0.05, 0) is 18.8 Å². The Labute approximate surface area is 104 Å². The van der Waals surface area contributed by atoms with Crippen LogP contribution in [-0.2, 0) is 14.9 Å². The lowest BCUT2D eigenvalue weighted by Crippen LogP contribution is -2.35. The first-order valence-electron chi connectivity index (χ1n) is 5.91. The molecule has 0 aliphatic heterocycles. The SMILES string of the molecule is CON(C)/C(=N\S(C)(=O)=O)C1CCC(C)CC1. The zero-order valence-electron chi connectivity index (χ0n) is 11.0. The number of hydrogen-bond donors (Lipinski definition) is 0. The van der Waals surface area contributed by atoms with Crippen LogP contribution in [0.5, 0.6) is 0 Å². The Hall–Kier alpha value is -0.620. The maximum Gasteiger partial charge on any atom is 0.251 e. The Morgan fingerprint density at radius 2 is 1.82 bits per heavy atom. The van der Waals surface area contributed by atoms with E-state index >= 15 is 0 Å².